The number of carboxylic acids is 1. The van der Waals surface area contributed by atoms with E-state index in [1.54, 1.807) is 56.5 Å². The van der Waals surface area contributed by atoms with Crippen LogP contribution in [0.1, 0.15) is 94.9 Å². The molecule has 9 aromatic carbocycles. The number of nitrogens with zero attached hydrogens (tertiary/aromatic N) is 7. The molecular formula is C75H65ClF9N11O9. The number of aliphatic hydroxyl groups excluding tert-OH is 1. The van der Waals surface area contributed by atoms with Crippen LogP contribution in [-0.2, 0) is 46.0 Å². The van der Waals surface area contributed by atoms with E-state index in [9.17, 15) is 68.3 Å². The summed E-state index contributed by atoms with van der Waals surface area (Å²) in [6.45, 7) is 1.75. The number of hydrogen-bond acceptors (Lipinski definition) is 13. The predicted octanol–water partition coefficient (Wildman–Crippen LogP) is 15.4. The molecule has 0 saturated carbocycles. The molecule has 12 aromatic rings. The van der Waals surface area contributed by atoms with Gasteiger partial charge in [-0.1, -0.05) is 84.9 Å². The zero-order valence-corrected chi connectivity index (χ0v) is 56.2. The van der Waals surface area contributed by atoms with Crippen LogP contribution >= 0.6 is 12.4 Å². The molecule has 30 heteroatoms. The molecule has 4 heterocycles. The largest absolute Gasteiger partial charge is 0.478 e. The SMILES string of the molecule is COC(=O)CCCN.Cl.Nc1nc2cc(CO)ccc2n1-c1ccccc1.O=C(Nc1nc2cc(CN3CCCC3=O)ccc2n1-c1ccccc1)c1cccc(C(F)(F)F)c1.O=C(O)c1cccc(C(F)(F)F)c1.O=Cc1ccc2c(c1)nc(NC(=O)c1cccc(C(F)(F)F)c1)n2-c1ccccc1. The van der Waals surface area contributed by atoms with E-state index in [0.29, 0.717) is 90.5 Å². The number of methoxy groups -OCH3 is 1. The van der Waals surface area contributed by atoms with Crippen LogP contribution in [0.2, 0.25) is 0 Å². The van der Waals surface area contributed by atoms with Crippen molar-refractivity contribution in [2.45, 2.75) is 57.4 Å². The Morgan fingerprint density at radius 2 is 0.962 bits per heavy atom. The quantitative estimate of drug-likeness (QED) is 0.0316. The number of esters is 1. The summed E-state index contributed by atoms with van der Waals surface area (Å²) in [4.78, 5) is 84.4. The van der Waals surface area contributed by atoms with Gasteiger partial charge in [-0.15, -0.1) is 12.4 Å². The second-order valence-electron chi connectivity index (χ2n) is 22.9. The van der Waals surface area contributed by atoms with E-state index in [2.05, 4.69) is 30.3 Å². The molecule has 0 bridgehead atoms. The van der Waals surface area contributed by atoms with Crippen LogP contribution in [0.25, 0.3) is 50.2 Å². The number of halogens is 10. The Bertz CT molecular complexity index is 5040. The van der Waals surface area contributed by atoms with Gasteiger partial charge in [-0.2, -0.15) is 39.5 Å². The van der Waals surface area contributed by atoms with Gasteiger partial charge >= 0.3 is 30.5 Å². The molecule has 0 unspecified atom stereocenters. The molecule has 3 amide bonds. The maximum absolute atomic E-state index is 13.1. The summed E-state index contributed by atoms with van der Waals surface area (Å²) < 4.78 is 124. The van der Waals surface area contributed by atoms with Crippen LogP contribution in [0.5, 0.6) is 0 Å². The van der Waals surface area contributed by atoms with Crippen LogP contribution in [0, 0.1) is 0 Å². The molecule has 1 saturated heterocycles. The second-order valence-corrected chi connectivity index (χ2v) is 22.9. The molecule has 0 aliphatic carbocycles. The Kier molecular flexibility index (Phi) is 26.3. The smallest absolute Gasteiger partial charge is 0.416 e. The molecule has 8 N–H and O–H groups in total. The number of likely N-dealkylation sites (tertiary alicyclic amines) is 1. The number of ether oxygens (including phenoxy) is 1. The number of para-hydroxylation sites is 3. The molecule has 3 aromatic heterocycles. The van der Waals surface area contributed by atoms with Gasteiger partial charge in [0.15, 0.2) is 0 Å². The van der Waals surface area contributed by atoms with E-state index in [1.807, 2.05) is 108 Å². The molecule has 0 radical (unpaired) electrons. The average molecular weight is 1470 g/mol. The number of rotatable bonds is 15. The predicted molar refractivity (Wildman–Crippen MR) is 378 cm³/mol. The van der Waals surface area contributed by atoms with E-state index < -0.39 is 53.0 Å². The van der Waals surface area contributed by atoms with Gasteiger partial charge in [0, 0.05) is 59.7 Å². The van der Waals surface area contributed by atoms with Gasteiger partial charge in [-0.05, 0) is 164 Å². The van der Waals surface area contributed by atoms with Crippen molar-refractivity contribution >= 4 is 99.3 Å². The third kappa shape index (κ3) is 20.3. The number of nitrogen functional groups attached to an aromatic ring is 1. The van der Waals surface area contributed by atoms with E-state index in [1.165, 1.54) is 31.4 Å². The van der Waals surface area contributed by atoms with Gasteiger partial charge in [0.2, 0.25) is 23.8 Å². The molecule has 0 atom stereocenters. The van der Waals surface area contributed by atoms with E-state index in [4.69, 9.17) is 21.7 Å². The lowest BCUT2D eigenvalue weighted by molar-refractivity contribution is -0.141. The van der Waals surface area contributed by atoms with E-state index in [0.717, 1.165) is 82.4 Å². The number of alkyl halides is 9. The monoisotopic (exact) mass is 1470 g/mol. The number of aromatic carboxylic acids is 1. The second kappa shape index (κ2) is 35.1. The van der Waals surface area contributed by atoms with Crippen molar-refractivity contribution in [1.29, 1.82) is 0 Å². The lowest BCUT2D eigenvalue weighted by atomic mass is 10.1. The lowest BCUT2D eigenvalue weighted by Crippen LogP contribution is -2.23. The van der Waals surface area contributed by atoms with Crippen molar-refractivity contribution in [2.24, 2.45) is 5.73 Å². The Balaban J connectivity index is 0.000000179. The van der Waals surface area contributed by atoms with Gasteiger partial charge in [0.1, 0.15) is 6.29 Å². The third-order valence-corrected chi connectivity index (χ3v) is 15.7. The number of imidazole rings is 3. The fourth-order valence-corrected chi connectivity index (χ4v) is 10.6. The number of fused-ring (bicyclic) bond motifs is 3. The number of carboxylic acid groups (broad SMARTS) is 1. The Morgan fingerprint density at radius 1 is 0.543 bits per heavy atom. The molecule has 20 nitrogen and oxygen atoms in total. The van der Waals surface area contributed by atoms with Gasteiger partial charge in [-0.25, -0.2) is 19.7 Å². The Morgan fingerprint density at radius 3 is 1.39 bits per heavy atom. The van der Waals surface area contributed by atoms with Gasteiger partial charge in [0.05, 0.1) is 69.1 Å². The molecular weight excluding hydrogens is 1410 g/mol. The molecule has 13 rings (SSSR count). The molecule has 544 valence electrons. The van der Waals surface area contributed by atoms with Crippen LogP contribution in [0.4, 0.5) is 57.4 Å². The minimum Gasteiger partial charge on any atom is -0.478 e. The summed E-state index contributed by atoms with van der Waals surface area (Å²) in [5.41, 5.74) is 16.4. The molecule has 105 heavy (non-hydrogen) atoms. The highest BCUT2D eigenvalue weighted by atomic mass is 35.5. The first-order chi connectivity index (χ1) is 49.7. The minimum atomic E-state index is -4.56. The van der Waals surface area contributed by atoms with E-state index >= 15 is 0 Å². The molecule has 1 aliphatic rings. The number of amides is 3. The Hall–Kier alpha value is -12.2. The van der Waals surface area contributed by atoms with Crippen molar-refractivity contribution in [3.63, 3.8) is 0 Å². The Labute approximate surface area is 598 Å². The number of aromatic nitrogens is 6. The summed E-state index contributed by atoms with van der Waals surface area (Å²) in [5, 5.41) is 22.8. The van der Waals surface area contributed by atoms with E-state index in [-0.39, 0.29) is 59.5 Å². The van der Waals surface area contributed by atoms with Crippen LogP contribution in [0.3, 0.4) is 0 Å². The van der Waals surface area contributed by atoms with Crippen molar-refractivity contribution in [2.75, 3.05) is 36.6 Å². The first kappa shape index (κ1) is 78.5. The van der Waals surface area contributed by atoms with Crippen molar-refractivity contribution in [3.8, 4) is 17.1 Å². The van der Waals surface area contributed by atoms with Gasteiger partial charge in [0.25, 0.3) is 11.8 Å². The van der Waals surface area contributed by atoms with Crippen LogP contribution < -0.4 is 22.1 Å². The number of hydrogen-bond donors (Lipinski definition) is 6. The molecule has 0 spiro atoms. The normalized spacial score (nSPS) is 11.9. The first-order valence-corrected chi connectivity index (χ1v) is 31.6. The number of anilines is 3. The topological polar surface area (TPSA) is 285 Å². The highest BCUT2D eigenvalue weighted by molar-refractivity contribution is 6.05. The number of nitrogens with two attached hydrogens (primary N) is 2. The average Bonchev–Trinajstić information content (AvgIpc) is 1.54. The number of carbonyl (C=O) groups excluding carboxylic acids is 5. The fourth-order valence-electron chi connectivity index (χ4n) is 10.6. The highest BCUT2D eigenvalue weighted by Crippen LogP contribution is 2.34. The number of aldehydes is 1. The summed E-state index contributed by atoms with van der Waals surface area (Å²) >= 11 is 0. The number of benzene rings is 9. The maximum atomic E-state index is 13.1. The number of aliphatic hydroxyl groups is 1. The van der Waals surface area contributed by atoms with Gasteiger partial charge < -0.3 is 31.3 Å². The van der Waals surface area contributed by atoms with Crippen LogP contribution in [-0.4, -0.2) is 99.9 Å². The maximum Gasteiger partial charge on any atom is 0.416 e. The highest BCUT2D eigenvalue weighted by Gasteiger charge is 2.33. The minimum absolute atomic E-state index is 0. The summed E-state index contributed by atoms with van der Waals surface area (Å²) in [7, 11) is 1.37. The summed E-state index contributed by atoms with van der Waals surface area (Å²) in [5.74, 6) is -2.11. The molecule has 1 fully saturated rings. The third-order valence-electron chi connectivity index (χ3n) is 15.7. The standard InChI is InChI=1S/C26H21F3N4O2.C22H14F3N3O2.C14H13N3O.C8H5F3O2.C5H11NO2.ClH/c27-26(28,29)19-7-4-6-18(15-19)24(35)31-25-30-21-14-17(16-32-13-5-10-23(32)34)11-12-22(21)33(25)20-8-2-1-3-9-20;23-22(24,25)16-6-4-5-15(12-16)20(30)27-21-26-18-11-14(13-29)9-10-19(18)28(21)17-7-2-1-3-8-17;15-14-16-12-8-10(9-18)6-7-13(12)17(14)11-4-2-1-3-5-11;9-8(10,11)6-3-1-2-5(4-6)7(12)13;1-8-5(7)3-2-4-6;/h1-4,6-9,11-12,14-15H,5,10,13,16H2,(H,30,31,35);1-13H,(H,26,27,30);1-8,18H,9H2,(H2,15,16);1-4H,(H,12,13);2-4,6H2,1H3;1H. The fraction of sp³-hybridized carbons (Fsp3) is 0.160. The van der Waals surface area contributed by atoms with Crippen molar-refractivity contribution in [1.82, 2.24) is 33.6 Å². The van der Waals surface area contributed by atoms with Crippen molar-refractivity contribution < 1.29 is 83.2 Å². The lowest BCUT2D eigenvalue weighted by Gasteiger charge is -2.15. The van der Waals surface area contributed by atoms with Gasteiger partial charge in [-0.3, -0.25) is 48.3 Å². The van der Waals surface area contributed by atoms with Crippen molar-refractivity contribution in [3.05, 3.63) is 268 Å². The summed E-state index contributed by atoms with van der Waals surface area (Å²) in [6, 6.07) is 56.3. The number of nitrogens with one attached hydrogen (secondary N) is 2. The number of carbonyl (C=O) groups is 6. The zero-order valence-electron chi connectivity index (χ0n) is 55.4. The zero-order chi connectivity index (χ0) is 74.9. The van der Waals surface area contributed by atoms with Crippen LogP contribution in [0.15, 0.2) is 218 Å². The summed E-state index contributed by atoms with van der Waals surface area (Å²) in [6.07, 6.45) is -10.4. The first-order valence-electron chi connectivity index (χ1n) is 31.6. The molecule has 1 aliphatic heterocycles.